The fourth-order valence-corrected chi connectivity index (χ4v) is 2.80. The van der Waals surface area contributed by atoms with E-state index < -0.39 is 0 Å². The molecule has 0 radical (unpaired) electrons. The first-order chi connectivity index (χ1) is 9.65. The van der Waals surface area contributed by atoms with Crippen LogP contribution in [0.3, 0.4) is 0 Å². The summed E-state index contributed by atoms with van der Waals surface area (Å²) in [7, 11) is 0. The summed E-state index contributed by atoms with van der Waals surface area (Å²) >= 11 is 3.45. The fraction of sp³-hybridized carbons (Fsp3) is 0.562. The predicted octanol–water partition coefficient (Wildman–Crippen LogP) is 3.98. The van der Waals surface area contributed by atoms with E-state index >= 15 is 0 Å². The van der Waals surface area contributed by atoms with Crippen LogP contribution in [0, 0.1) is 6.92 Å². The average Bonchev–Trinajstić information content (AvgIpc) is 2.69. The minimum Gasteiger partial charge on any atom is -0.484 e. The molecule has 110 valence electrons. The zero-order chi connectivity index (χ0) is 14.4. The van der Waals surface area contributed by atoms with Crippen LogP contribution in [0.4, 0.5) is 0 Å². The van der Waals surface area contributed by atoms with Crippen molar-refractivity contribution in [1.29, 1.82) is 0 Å². The third kappa shape index (κ3) is 4.82. The molecule has 1 aliphatic carbocycles. The lowest BCUT2D eigenvalue weighted by Crippen LogP contribution is -2.37. The third-order valence-electron chi connectivity index (χ3n) is 3.72. The zero-order valence-electron chi connectivity index (χ0n) is 12.0. The molecule has 0 bridgehead atoms. The largest absolute Gasteiger partial charge is 0.484 e. The summed E-state index contributed by atoms with van der Waals surface area (Å²) in [5.41, 5.74) is 1.10. The second-order valence-corrected chi connectivity index (χ2v) is 6.31. The molecule has 1 amide bonds. The molecule has 1 aromatic carbocycles. The minimum atomic E-state index is -0.0162. The smallest absolute Gasteiger partial charge is 0.258 e. The van der Waals surface area contributed by atoms with Crippen LogP contribution in [-0.4, -0.2) is 18.6 Å². The number of halogens is 1. The van der Waals surface area contributed by atoms with Crippen molar-refractivity contribution >= 4 is 21.8 Å². The lowest BCUT2D eigenvalue weighted by atomic mass is 10.1. The van der Waals surface area contributed by atoms with Gasteiger partial charge in [0.2, 0.25) is 0 Å². The molecule has 1 fully saturated rings. The van der Waals surface area contributed by atoms with E-state index in [0.29, 0.717) is 6.04 Å². The van der Waals surface area contributed by atoms with E-state index in [0.717, 1.165) is 28.6 Å². The van der Waals surface area contributed by atoms with E-state index in [1.807, 2.05) is 25.1 Å². The van der Waals surface area contributed by atoms with Crippen LogP contribution in [0.5, 0.6) is 5.75 Å². The number of hydrogen-bond acceptors (Lipinski definition) is 2. The predicted molar refractivity (Wildman–Crippen MR) is 84.0 cm³/mol. The van der Waals surface area contributed by atoms with Crippen molar-refractivity contribution < 1.29 is 9.53 Å². The fourth-order valence-electron chi connectivity index (χ4n) is 2.55. The van der Waals surface area contributed by atoms with Gasteiger partial charge in [-0.3, -0.25) is 4.79 Å². The molecule has 1 N–H and O–H groups in total. The standard InChI is InChI=1S/C16H22BrNO2/c1-12-10-14(8-9-15(12)17)20-11-16(19)18-13-6-4-2-3-5-7-13/h8-10,13H,2-7,11H2,1H3,(H,18,19). The van der Waals surface area contributed by atoms with E-state index in [1.165, 1.54) is 25.7 Å². The number of rotatable bonds is 4. The molecule has 20 heavy (non-hydrogen) atoms. The first-order valence-electron chi connectivity index (χ1n) is 7.33. The van der Waals surface area contributed by atoms with Crippen molar-refractivity contribution in [1.82, 2.24) is 5.32 Å². The number of ether oxygens (including phenoxy) is 1. The van der Waals surface area contributed by atoms with Gasteiger partial charge >= 0.3 is 0 Å². The Morgan fingerprint density at radius 2 is 2.00 bits per heavy atom. The van der Waals surface area contributed by atoms with E-state index in [4.69, 9.17) is 4.74 Å². The Morgan fingerprint density at radius 1 is 1.30 bits per heavy atom. The lowest BCUT2D eigenvalue weighted by Gasteiger charge is -2.16. The molecular formula is C16H22BrNO2. The highest BCUT2D eigenvalue weighted by molar-refractivity contribution is 9.10. The van der Waals surface area contributed by atoms with Crippen molar-refractivity contribution in [2.45, 2.75) is 51.5 Å². The summed E-state index contributed by atoms with van der Waals surface area (Å²) in [6, 6.07) is 6.08. The van der Waals surface area contributed by atoms with Gasteiger partial charge in [0, 0.05) is 10.5 Å². The summed E-state index contributed by atoms with van der Waals surface area (Å²) in [6.45, 7) is 2.10. The highest BCUT2D eigenvalue weighted by Gasteiger charge is 2.14. The maximum atomic E-state index is 11.9. The molecule has 0 aromatic heterocycles. The monoisotopic (exact) mass is 339 g/mol. The normalized spacial score (nSPS) is 16.5. The van der Waals surface area contributed by atoms with Crippen LogP contribution in [-0.2, 0) is 4.79 Å². The van der Waals surface area contributed by atoms with Gasteiger partial charge in [-0.2, -0.15) is 0 Å². The van der Waals surface area contributed by atoms with Gasteiger partial charge < -0.3 is 10.1 Å². The van der Waals surface area contributed by atoms with Crippen LogP contribution >= 0.6 is 15.9 Å². The van der Waals surface area contributed by atoms with Gasteiger partial charge in [-0.05, 0) is 43.5 Å². The van der Waals surface area contributed by atoms with Crippen molar-refractivity contribution in [2.24, 2.45) is 0 Å². The van der Waals surface area contributed by atoms with Crippen molar-refractivity contribution in [3.63, 3.8) is 0 Å². The Hall–Kier alpha value is -1.03. The number of nitrogens with one attached hydrogen (secondary N) is 1. The van der Waals surface area contributed by atoms with Crippen molar-refractivity contribution in [2.75, 3.05) is 6.61 Å². The Morgan fingerprint density at radius 3 is 2.65 bits per heavy atom. The highest BCUT2D eigenvalue weighted by atomic mass is 79.9. The molecule has 1 aromatic rings. The summed E-state index contributed by atoms with van der Waals surface area (Å²) in [5.74, 6) is 0.721. The maximum Gasteiger partial charge on any atom is 0.258 e. The summed E-state index contributed by atoms with van der Waals surface area (Å²) in [5, 5.41) is 3.08. The first kappa shape index (κ1) is 15.4. The van der Waals surface area contributed by atoms with Gasteiger partial charge in [0.25, 0.3) is 5.91 Å². The van der Waals surface area contributed by atoms with E-state index in [-0.39, 0.29) is 12.5 Å². The van der Waals surface area contributed by atoms with Gasteiger partial charge in [0.05, 0.1) is 0 Å². The number of carbonyl (C=O) groups is 1. The molecule has 0 atom stereocenters. The Balaban J connectivity index is 1.77. The van der Waals surface area contributed by atoms with E-state index in [2.05, 4.69) is 21.2 Å². The van der Waals surface area contributed by atoms with Crippen LogP contribution in [0.25, 0.3) is 0 Å². The lowest BCUT2D eigenvalue weighted by molar-refractivity contribution is -0.123. The summed E-state index contributed by atoms with van der Waals surface area (Å²) in [4.78, 5) is 11.9. The second kappa shape index (κ2) is 7.67. The van der Waals surface area contributed by atoms with Crippen LogP contribution in [0.2, 0.25) is 0 Å². The van der Waals surface area contributed by atoms with E-state index in [9.17, 15) is 4.79 Å². The van der Waals surface area contributed by atoms with Crippen LogP contribution < -0.4 is 10.1 Å². The molecule has 1 saturated carbocycles. The average molecular weight is 340 g/mol. The molecule has 0 heterocycles. The number of benzene rings is 1. The van der Waals surface area contributed by atoms with Crippen LogP contribution in [0.1, 0.15) is 44.1 Å². The maximum absolute atomic E-state index is 11.9. The topological polar surface area (TPSA) is 38.3 Å². The third-order valence-corrected chi connectivity index (χ3v) is 4.61. The molecule has 4 heteroatoms. The summed E-state index contributed by atoms with van der Waals surface area (Å²) in [6.07, 6.45) is 7.23. The molecular weight excluding hydrogens is 318 g/mol. The van der Waals surface area contributed by atoms with E-state index in [1.54, 1.807) is 0 Å². The van der Waals surface area contributed by atoms with Gasteiger partial charge in [-0.1, -0.05) is 41.6 Å². The Labute approximate surface area is 129 Å². The quantitative estimate of drug-likeness (QED) is 0.842. The summed E-state index contributed by atoms with van der Waals surface area (Å²) < 4.78 is 6.59. The highest BCUT2D eigenvalue weighted by Crippen LogP contribution is 2.21. The molecule has 0 aliphatic heterocycles. The molecule has 0 spiro atoms. The molecule has 1 aliphatic rings. The number of carbonyl (C=O) groups excluding carboxylic acids is 1. The van der Waals surface area contributed by atoms with Crippen molar-refractivity contribution in [3.8, 4) is 5.75 Å². The van der Waals surface area contributed by atoms with Gasteiger partial charge in [-0.15, -0.1) is 0 Å². The number of hydrogen-bond donors (Lipinski definition) is 1. The molecule has 3 nitrogen and oxygen atoms in total. The number of aryl methyl sites for hydroxylation is 1. The molecule has 2 rings (SSSR count). The van der Waals surface area contributed by atoms with Gasteiger partial charge in [0.15, 0.2) is 6.61 Å². The Bertz CT molecular complexity index is 454. The minimum absolute atomic E-state index is 0.0162. The molecule has 0 saturated heterocycles. The molecule has 0 unspecified atom stereocenters. The van der Waals surface area contributed by atoms with Crippen molar-refractivity contribution in [3.05, 3.63) is 28.2 Å². The number of amides is 1. The first-order valence-corrected chi connectivity index (χ1v) is 8.13. The van der Waals surface area contributed by atoms with Gasteiger partial charge in [0.1, 0.15) is 5.75 Å². The zero-order valence-corrected chi connectivity index (χ0v) is 13.5. The second-order valence-electron chi connectivity index (χ2n) is 5.46. The Kier molecular flexibility index (Phi) is 5.89. The van der Waals surface area contributed by atoms with Crippen LogP contribution in [0.15, 0.2) is 22.7 Å². The van der Waals surface area contributed by atoms with Gasteiger partial charge in [-0.25, -0.2) is 0 Å². The SMILES string of the molecule is Cc1cc(OCC(=O)NC2CCCCCC2)ccc1Br.